The highest BCUT2D eigenvalue weighted by Crippen LogP contribution is 2.24. The van der Waals surface area contributed by atoms with Gasteiger partial charge in [0.05, 0.1) is 5.02 Å². The topological polar surface area (TPSA) is 41.5 Å². The molecule has 0 aliphatic carbocycles. The van der Waals surface area contributed by atoms with Crippen LogP contribution in [0.25, 0.3) is 0 Å². The summed E-state index contributed by atoms with van der Waals surface area (Å²) in [5, 5.41) is 12.9. The molecule has 0 heterocycles. The van der Waals surface area contributed by atoms with E-state index in [2.05, 4.69) is 5.32 Å². The minimum Gasteiger partial charge on any atom is -0.508 e. The number of phenolic OH excluding ortho intramolecular Hbond substituents is 1. The van der Waals surface area contributed by atoms with Gasteiger partial charge in [0.25, 0.3) is 0 Å². The van der Waals surface area contributed by atoms with Crippen molar-refractivity contribution in [2.24, 2.45) is 0 Å². The number of benzene rings is 3. The highest BCUT2D eigenvalue weighted by molar-refractivity contribution is 6.31. The van der Waals surface area contributed by atoms with Crippen LogP contribution in [0.3, 0.4) is 0 Å². The number of hydrogen-bond donors (Lipinski definition) is 2. The Morgan fingerprint density at radius 3 is 2.48 bits per heavy atom. The predicted molar refractivity (Wildman–Crippen MR) is 97.6 cm³/mol. The average molecular weight is 358 g/mol. The lowest BCUT2D eigenvalue weighted by Gasteiger charge is -2.14. The quantitative estimate of drug-likeness (QED) is 0.582. The van der Waals surface area contributed by atoms with Crippen molar-refractivity contribution in [1.82, 2.24) is 0 Å². The Kier molecular flexibility index (Phi) is 5.41. The van der Waals surface area contributed by atoms with Gasteiger partial charge in [-0.25, -0.2) is 4.39 Å². The van der Waals surface area contributed by atoms with Crippen molar-refractivity contribution in [1.29, 1.82) is 0 Å². The molecule has 0 aliphatic heterocycles. The molecule has 0 unspecified atom stereocenters. The predicted octanol–water partition coefficient (Wildman–Crippen LogP) is 5.38. The lowest BCUT2D eigenvalue weighted by atomic mass is 10.2. The van der Waals surface area contributed by atoms with Crippen LogP contribution in [0, 0.1) is 5.82 Å². The summed E-state index contributed by atoms with van der Waals surface area (Å²) in [6.45, 7) is 0.591. The molecule has 0 amide bonds. The minimum atomic E-state index is -0.382. The summed E-state index contributed by atoms with van der Waals surface area (Å²) in [6.07, 6.45) is 0. The minimum absolute atomic E-state index is 0.0573. The van der Waals surface area contributed by atoms with E-state index in [-0.39, 0.29) is 18.2 Å². The van der Waals surface area contributed by atoms with E-state index in [0.717, 1.165) is 11.3 Å². The highest BCUT2D eigenvalue weighted by atomic mass is 35.5. The van der Waals surface area contributed by atoms with Crippen LogP contribution in [0.1, 0.15) is 11.1 Å². The molecule has 0 spiro atoms. The number of phenols is 1. The maximum atomic E-state index is 13.9. The second-order valence-electron chi connectivity index (χ2n) is 5.50. The number of rotatable bonds is 6. The summed E-state index contributed by atoms with van der Waals surface area (Å²) in [6, 6.07) is 18.9. The number of ether oxygens (including phenoxy) is 1. The van der Waals surface area contributed by atoms with Gasteiger partial charge < -0.3 is 15.2 Å². The van der Waals surface area contributed by atoms with E-state index in [1.54, 1.807) is 36.4 Å². The summed E-state index contributed by atoms with van der Waals surface area (Å²) in [5.74, 6) is 0.497. The van der Waals surface area contributed by atoms with Crippen LogP contribution in [-0.2, 0) is 13.2 Å². The summed E-state index contributed by atoms with van der Waals surface area (Å²) >= 11 is 6.04. The van der Waals surface area contributed by atoms with Crippen molar-refractivity contribution in [2.45, 2.75) is 13.2 Å². The molecule has 0 fully saturated rings. The molecule has 3 rings (SSSR count). The molecule has 5 heteroatoms. The molecule has 3 nitrogen and oxygen atoms in total. The van der Waals surface area contributed by atoms with Gasteiger partial charge >= 0.3 is 0 Å². The molecule has 0 saturated carbocycles. The Balaban J connectivity index is 1.69. The number of halogens is 2. The summed E-state index contributed by atoms with van der Waals surface area (Å²) in [7, 11) is 0. The van der Waals surface area contributed by atoms with E-state index in [9.17, 15) is 9.50 Å². The summed E-state index contributed by atoms with van der Waals surface area (Å²) in [4.78, 5) is 0. The normalized spacial score (nSPS) is 10.5. The zero-order chi connectivity index (χ0) is 17.6. The first kappa shape index (κ1) is 17.1. The van der Waals surface area contributed by atoms with Gasteiger partial charge in [0.2, 0.25) is 0 Å². The Labute approximate surface area is 150 Å². The molecule has 128 valence electrons. The monoisotopic (exact) mass is 357 g/mol. The molecule has 0 aliphatic rings. The van der Waals surface area contributed by atoms with Crippen molar-refractivity contribution in [3.05, 3.63) is 88.7 Å². The average Bonchev–Trinajstić information content (AvgIpc) is 2.62. The van der Waals surface area contributed by atoms with Crippen LogP contribution < -0.4 is 10.1 Å². The standard InChI is InChI=1S/C20H17ClFNO2/c21-18-5-3-6-19(22)17(18)13-25-20-7-2-1-4-14(20)12-23-15-8-10-16(24)11-9-15/h1-11,23-24H,12-13H2. The molecule has 25 heavy (non-hydrogen) atoms. The number of para-hydroxylation sites is 1. The molecule has 0 saturated heterocycles. The third-order valence-electron chi connectivity index (χ3n) is 3.76. The van der Waals surface area contributed by atoms with Crippen LogP contribution in [0.15, 0.2) is 66.7 Å². The van der Waals surface area contributed by atoms with Crippen molar-refractivity contribution in [3.8, 4) is 11.5 Å². The molecule has 2 N–H and O–H groups in total. The molecule has 0 bridgehead atoms. The van der Waals surface area contributed by atoms with Crippen molar-refractivity contribution in [3.63, 3.8) is 0 Å². The zero-order valence-corrected chi connectivity index (χ0v) is 14.1. The Morgan fingerprint density at radius 1 is 0.960 bits per heavy atom. The van der Waals surface area contributed by atoms with E-state index in [1.165, 1.54) is 6.07 Å². The van der Waals surface area contributed by atoms with Gasteiger partial charge in [-0.15, -0.1) is 0 Å². The Bertz CT molecular complexity index is 832. The van der Waals surface area contributed by atoms with E-state index in [4.69, 9.17) is 16.3 Å². The van der Waals surface area contributed by atoms with Crippen molar-refractivity contribution >= 4 is 17.3 Å². The van der Waals surface area contributed by atoms with Crippen LogP contribution in [0.2, 0.25) is 5.02 Å². The maximum Gasteiger partial charge on any atom is 0.131 e. The third-order valence-corrected chi connectivity index (χ3v) is 4.11. The van der Waals surface area contributed by atoms with Crippen LogP contribution >= 0.6 is 11.6 Å². The second kappa shape index (κ2) is 7.90. The van der Waals surface area contributed by atoms with Crippen LogP contribution in [-0.4, -0.2) is 5.11 Å². The fourth-order valence-electron chi connectivity index (χ4n) is 2.39. The van der Waals surface area contributed by atoms with E-state index in [0.29, 0.717) is 22.9 Å². The highest BCUT2D eigenvalue weighted by Gasteiger charge is 2.09. The number of aromatic hydroxyl groups is 1. The maximum absolute atomic E-state index is 13.9. The fourth-order valence-corrected chi connectivity index (χ4v) is 2.60. The Morgan fingerprint density at radius 2 is 1.72 bits per heavy atom. The molecular formula is C20H17ClFNO2. The van der Waals surface area contributed by atoms with Gasteiger partial charge in [-0.1, -0.05) is 35.9 Å². The second-order valence-corrected chi connectivity index (χ2v) is 5.90. The molecule has 0 aromatic heterocycles. The van der Waals surface area contributed by atoms with Crippen LogP contribution in [0.5, 0.6) is 11.5 Å². The van der Waals surface area contributed by atoms with Gasteiger partial charge in [-0.2, -0.15) is 0 Å². The molecule has 0 radical (unpaired) electrons. The molecular weight excluding hydrogens is 341 g/mol. The van der Waals surface area contributed by atoms with E-state index >= 15 is 0 Å². The number of anilines is 1. The van der Waals surface area contributed by atoms with Gasteiger partial charge in [0.1, 0.15) is 23.9 Å². The van der Waals surface area contributed by atoms with Crippen molar-refractivity contribution in [2.75, 3.05) is 5.32 Å². The summed E-state index contributed by atoms with van der Waals surface area (Å²) < 4.78 is 19.6. The molecule has 3 aromatic rings. The van der Waals surface area contributed by atoms with Gasteiger partial charge in [-0.3, -0.25) is 0 Å². The lowest BCUT2D eigenvalue weighted by molar-refractivity contribution is 0.297. The lowest BCUT2D eigenvalue weighted by Crippen LogP contribution is -2.05. The zero-order valence-electron chi connectivity index (χ0n) is 13.4. The first-order chi connectivity index (χ1) is 12.1. The van der Waals surface area contributed by atoms with Crippen LogP contribution in [0.4, 0.5) is 10.1 Å². The van der Waals surface area contributed by atoms with Gasteiger partial charge in [-0.05, 0) is 42.5 Å². The van der Waals surface area contributed by atoms with Gasteiger partial charge in [0, 0.05) is 23.4 Å². The largest absolute Gasteiger partial charge is 0.508 e. The number of nitrogens with one attached hydrogen (secondary N) is 1. The van der Waals surface area contributed by atoms with E-state index < -0.39 is 0 Å². The Hall–Kier alpha value is -2.72. The SMILES string of the molecule is Oc1ccc(NCc2ccccc2OCc2c(F)cccc2Cl)cc1. The smallest absolute Gasteiger partial charge is 0.131 e. The van der Waals surface area contributed by atoms with Gasteiger partial charge in [0.15, 0.2) is 0 Å². The summed E-state index contributed by atoms with van der Waals surface area (Å²) in [5.41, 5.74) is 2.15. The first-order valence-electron chi connectivity index (χ1n) is 7.80. The van der Waals surface area contributed by atoms with Crippen molar-refractivity contribution < 1.29 is 14.2 Å². The molecule has 3 aromatic carbocycles. The number of hydrogen-bond acceptors (Lipinski definition) is 3. The van der Waals surface area contributed by atoms with E-state index in [1.807, 2.05) is 24.3 Å². The fraction of sp³-hybridized carbons (Fsp3) is 0.100. The molecule has 0 atom stereocenters. The third kappa shape index (κ3) is 4.43. The first-order valence-corrected chi connectivity index (χ1v) is 8.18.